The molecule has 0 saturated carbocycles. The molecule has 0 fully saturated rings. The summed E-state index contributed by atoms with van der Waals surface area (Å²) < 4.78 is 1.86. The van der Waals surface area contributed by atoms with E-state index in [0.29, 0.717) is 46.0 Å². The van der Waals surface area contributed by atoms with Crippen LogP contribution in [0.4, 0.5) is 0 Å². The van der Waals surface area contributed by atoms with E-state index in [1.807, 2.05) is 22.8 Å². The normalized spacial score (nSPS) is 10.8. The van der Waals surface area contributed by atoms with Crippen molar-refractivity contribution in [3.8, 4) is 17.5 Å². The van der Waals surface area contributed by atoms with Gasteiger partial charge < -0.3 is 4.57 Å². The van der Waals surface area contributed by atoms with Crippen molar-refractivity contribution in [2.45, 2.75) is 19.9 Å². The van der Waals surface area contributed by atoms with Gasteiger partial charge in [0.15, 0.2) is 10.8 Å². The second kappa shape index (κ2) is 5.91. The molecule has 110 valence electrons. The third-order valence-electron chi connectivity index (χ3n) is 3.23. The number of hydrogen-bond donors (Lipinski definition) is 0. The number of benzene rings is 1. The molecule has 0 saturated heterocycles. The number of aryl methyl sites for hydroxylation is 2. The fraction of sp³-hybridized carbons (Fsp3) is 0.200. The lowest BCUT2D eigenvalue weighted by Gasteiger charge is -2.08. The summed E-state index contributed by atoms with van der Waals surface area (Å²) in [5.41, 5.74) is 1.90. The first-order chi connectivity index (χ1) is 10.6. The quantitative estimate of drug-likeness (QED) is 0.679. The summed E-state index contributed by atoms with van der Waals surface area (Å²) in [6, 6.07) is 9.54. The van der Waals surface area contributed by atoms with E-state index in [1.165, 1.54) is 0 Å². The van der Waals surface area contributed by atoms with E-state index in [9.17, 15) is 0 Å². The van der Waals surface area contributed by atoms with Crippen LogP contribution < -0.4 is 0 Å². The summed E-state index contributed by atoms with van der Waals surface area (Å²) in [4.78, 5) is 13.1. The molecule has 3 rings (SSSR count). The number of hydrogen-bond acceptors (Lipinski definition) is 4. The predicted molar refractivity (Wildman–Crippen MR) is 85.7 cm³/mol. The van der Waals surface area contributed by atoms with Crippen LogP contribution >= 0.6 is 23.2 Å². The van der Waals surface area contributed by atoms with E-state index in [4.69, 9.17) is 28.5 Å². The van der Waals surface area contributed by atoms with Gasteiger partial charge in [-0.25, -0.2) is 15.0 Å². The van der Waals surface area contributed by atoms with Gasteiger partial charge in [0.05, 0.1) is 17.5 Å². The van der Waals surface area contributed by atoms with E-state index in [-0.39, 0.29) is 0 Å². The number of rotatable bonds is 3. The van der Waals surface area contributed by atoms with Crippen molar-refractivity contribution >= 4 is 34.4 Å². The summed E-state index contributed by atoms with van der Waals surface area (Å²) in [5.74, 6) is 1.19. The second-order valence-corrected chi connectivity index (χ2v) is 5.47. The maximum absolute atomic E-state index is 8.89. The Morgan fingerprint density at radius 2 is 1.95 bits per heavy atom. The molecule has 0 radical (unpaired) electrons. The van der Waals surface area contributed by atoms with Crippen molar-refractivity contribution in [3.63, 3.8) is 0 Å². The lowest BCUT2D eigenvalue weighted by atomic mass is 10.2. The number of nitrogens with zero attached hydrogens (tertiary/aromatic N) is 5. The molecule has 0 unspecified atom stereocenters. The average Bonchev–Trinajstić information content (AvgIpc) is 2.84. The monoisotopic (exact) mass is 331 g/mol. The van der Waals surface area contributed by atoms with Gasteiger partial charge in [0.2, 0.25) is 0 Å². The molecule has 0 spiro atoms. The minimum atomic E-state index is 0.298. The number of nitriles is 1. The predicted octanol–water partition coefficient (Wildman–Crippen LogP) is 4.02. The van der Waals surface area contributed by atoms with Crippen LogP contribution in [0.25, 0.3) is 22.6 Å². The molecular weight excluding hydrogens is 321 g/mol. The Hall–Kier alpha value is -2.16. The van der Waals surface area contributed by atoms with Gasteiger partial charge in [0.25, 0.3) is 0 Å². The smallest absolute Gasteiger partial charge is 0.165 e. The number of imidazole rings is 1. The van der Waals surface area contributed by atoms with Crippen molar-refractivity contribution in [1.29, 1.82) is 5.26 Å². The zero-order valence-electron chi connectivity index (χ0n) is 11.7. The number of fused-ring (bicyclic) bond motifs is 1. The lowest BCUT2D eigenvalue weighted by Crippen LogP contribution is -2.02. The van der Waals surface area contributed by atoms with E-state index >= 15 is 0 Å². The minimum Gasteiger partial charge on any atom is -0.307 e. The maximum Gasteiger partial charge on any atom is 0.165 e. The first-order valence-corrected chi connectivity index (χ1v) is 7.39. The lowest BCUT2D eigenvalue weighted by molar-refractivity contribution is 0.735. The van der Waals surface area contributed by atoms with Gasteiger partial charge in [-0.1, -0.05) is 35.3 Å². The van der Waals surface area contributed by atoms with E-state index in [0.717, 1.165) is 5.56 Å². The third-order valence-corrected chi connectivity index (χ3v) is 3.82. The highest BCUT2D eigenvalue weighted by molar-refractivity contribution is 6.34. The van der Waals surface area contributed by atoms with Crippen LogP contribution in [-0.2, 0) is 6.54 Å². The van der Waals surface area contributed by atoms with Gasteiger partial charge in [-0.3, -0.25) is 0 Å². The molecular formula is C15H11Cl2N5. The molecule has 0 aliphatic heterocycles. The van der Waals surface area contributed by atoms with Crippen LogP contribution in [-0.4, -0.2) is 19.5 Å². The number of aromatic nitrogens is 4. The Kier molecular flexibility index (Phi) is 3.97. The highest BCUT2D eigenvalue weighted by Gasteiger charge is 2.18. The van der Waals surface area contributed by atoms with Crippen LogP contribution in [0.15, 0.2) is 24.3 Å². The molecule has 0 atom stereocenters. The Morgan fingerprint density at radius 1 is 1.18 bits per heavy atom. The number of halogens is 2. The van der Waals surface area contributed by atoms with Crippen LogP contribution in [0.3, 0.4) is 0 Å². The average molecular weight is 332 g/mol. The summed E-state index contributed by atoms with van der Waals surface area (Å²) in [6.07, 6.45) is 0.337. The Bertz CT molecular complexity index is 895. The van der Waals surface area contributed by atoms with E-state index in [2.05, 4.69) is 21.0 Å². The summed E-state index contributed by atoms with van der Waals surface area (Å²) in [5, 5.41) is 9.77. The van der Waals surface area contributed by atoms with E-state index in [1.54, 1.807) is 13.0 Å². The van der Waals surface area contributed by atoms with Crippen LogP contribution in [0.5, 0.6) is 0 Å². The van der Waals surface area contributed by atoms with Crippen LogP contribution in [0.2, 0.25) is 10.2 Å². The summed E-state index contributed by atoms with van der Waals surface area (Å²) in [6.45, 7) is 2.22. The molecule has 7 heteroatoms. The van der Waals surface area contributed by atoms with Gasteiger partial charge in [-0.2, -0.15) is 5.26 Å². The molecule has 5 nitrogen and oxygen atoms in total. The zero-order chi connectivity index (χ0) is 15.7. The molecule has 1 aromatic carbocycles. The second-order valence-electron chi connectivity index (χ2n) is 4.71. The van der Waals surface area contributed by atoms with Crippen molar-refractivity contribution in [1.82, 2.24) is 19.5 Å². The third kappa shape index (κ3) is 2.52. The highest BCUT2D eigenvalue weighted by Crippen LogP contribution is 2.31. The topological polar surface area (TPSA) is 67.4 Å². The fourth-order valence-corrected chi connectivity index (χ4v) is 2.76. The summed E-state index contributed by atoms with van der Waals surface area (Å²) >= 11 is 12.5. The van der Waals surface area contributed by atoms with Gasteiger partial charge in [-0.15, -0.1) is 0 Å². The maximum atomic E-state index is 8.89. The molecule has 0 bridgehead atoms. The van der Waals surface area contributed by atoms with Crippen molar-refractivity contribution in [3.05, 3.63) is 40.3 Å². The molecule has 0 aliphatic carbocycles. The Balaban J connectivity index is 2.32. The largest absolute Gasteiger partial charge is 0.307 e. The van der Waals surface area contributed by atoms with Gasteiger partial charge >= 0.3 is 0 Å². The van der Waals surface area contributed by atoms with Gasteiger partial charge in [0, 0.05) is 12.1 Å². The molecule has 0 N–H and O–H groups in total. The Labute approximate surface area is 137 Å². The Morgan fingerprint density at radius 3 is 2.68 bits per heavy atom. The molecule has 0 aliphatic rings. The zero-order valence-corrected chi connectivity index (χ0v) is 13.2. The van der Waals surface area contributed by atoms with Gasteiger partial charge in [0.1, 0.15) is 17.2 Å². The van der Waals surface area contributed by atoms with E-state index < -0.39 is 0 Å². The standard InChI is InChI=1S/C15H11Cl2N5/c1-9-19-13(17)12-15(20-9)22(8-4-7-18)14(21-12)10-5-2-3-6-11(10)16/h2-3,5-6H,4,8H2,1H3. The molecule has 3 aromatic rings. The van der Waals surface area contributed by atoms with Crippen molar-refractivity contribution < 1.29 is 0 Å². The SMILES string of the molecule is Cc1nc(Cl)c2nc(-c3ccccc3Cl)n(CCC#N)c2n1. The van der Waals surface area contributed by atoms with Crippen LogP contribution in [0, 0.1) is 18.3 Å². The fourth-order valence-electron chi connectivity index (χ4n) is 2.29. The minimum absolute atomic E-state index is 0.298. The van der Waals surface area contributed by atoms with Gasteiger partial charge in [-0.05, 0) is 19.1 Å². The van der Waals surface area contributed by atoms with Crippen molar-refractivity contribution in [2.75, 3.05) is 0 Å². The first-order valence-electron chi connectivity index (χ1n) is 6.64. The molecule has 22 heavy (non-hydrogen) atoms. The van der Waals surface area contributed by atoms with Crippen molar-refractivity contribution in [2.24, 2.45) is 0 Å². The van der Waals surface area contributed by atoms with Crippen LogP contribution in [0.1, 0.15) is 12.2 Å². The first kappa shape index (κ1) is 14.8. The summed E-state index contributed by atoms with van der Waals surface area (Å²) in [7, 11) is 0. The molecule has 0 amide bonds. The molecule has 2 aromatic heterocycles. The highest BCUT2D eigenvalue weighted by atomic mass is 35.5. The molecule has 2 heterocycles.